The van der Waals surface area contributed by atoms with Crippen molar-refractivity contribution in [2.75, 3.05) is 31.1 Å². The van der Waals surface area contributed by atoms with E-state index in [1.165, 1.54) is 5.56 Å². The van der Waals surface area contributed by atoms with Gasteiger partial charge in [0.25, 0.3) is 11.8 Å². The number of piperazine rings is 1. The van der Waals surface area contributed by atoms with Gasteiger partial charge in [-0.05, 0) is 30.3 Å². The molecule has 0 spiro atoms. The molecule has 1 fully saturated rings. The second kappa shape index (κ2) is 5.28. The molecule has 2 aliphatic heterocycles. The van der Waals surface area contributed by atoms with E-state index in [1.54, 1.807) is 0 Å². The summed E-state index contributed by atoms with van der Waals surface area (Å²) in [6.07, 6.45) is 0.212. The van der Waals surface area contributed by atoms with Gasteiger partial charge in [0.1, 0.15) is 11.9 Å². The maximum atomic E-state index is 5.83. The van der Waals surface area contributed by atoms with Crippen LogP contribution in [0.2, 0.25) is 0 Å². The third-order valence-electron chi connectivity index (χ3n) is 4.58. The number of nitrogens with zero attached hydrogens (tertiary/aromatic N) is 3. The average molecular weight is 300 g/mol. The van der Waals surface area contributed by atoms with Gasteiger partial charge < -0.3 is 19.5 Å². The number of anilines is 1. The van der Waals surface area contributed by atoms with Crippen molar-refractivity contribution < 1.29 is 9.26 Å². The van der Waals surface area contributed by atoms with Crippen molar-refractivity contribution in [1.29, 1.82) is 0 Å². The van der Waals surface area contributed by atoms with E-state index in [-0.39, 0.29) is 6.10 Å². The first kappa shape index (κ1) is 13.6. The van der Waals surface area contributed by atoms with E-state index in [4.69, 9.17) is 9.26 Å². The molecule has 6 nitrogen and oxygen atoms in total. The quantitative estimate of drug-likeness (QED) is 0.915. The highest BCUT2D eigenvalue weighted by atomic mass is 16.5. The monoisotopic (exact) mass is 300 g/mol. The van der Waals surface area contributed by atoms with E-state index in [2.05, 4.69) is 40.3 Å². The summed E-state index contributed by atoms with van der Waals surface area (Å²) in [4.78, 5) is 6.70. The highest BCUT2D eigenvalue weighted by molar-refractivity contribution is 5.60. The van der Waals surface area contributed by atoms with Gasteiger partial charge >= 0.3 is 0 Å². The Kier molecular flexibility index (Phi) is 3.26. The van der Waals surface area contributed by atoms with Gasteiger partial charge in [-0.15, -0.1) is 0 Å². The van der Waals surface area contributed by atoms with Crippen LogP contribution < -0.4 is 15.0 Å². The normalized spacial score (nSPS) is 24.2. The number of fused-ring (bicyclic) bond motifs is 1. The minimum atomic E-state index is 0.212. The molecule has 1 aromatic heterocycles. The zero-order valence-electron chi connectivity index (χ0n) is 12.9. The van der Waals surface area contributed by atoms with E-state index in [0.29, 0.717) is 17.8 Å². The second-order valence-electron chi connectivity index (χ2n) is 6.00. The van der Waals surface area contributed by atoms with Gasteiger partial charge in [0.2, 0.25) is 0 Å². The summed E-state index contributed by atoms with van der Waals surface area (Å²) in [7, 11) is 0. The minimum Gasteiger partial charge on any atom is -0.490 e. The maximum absolute atomic E-state index is 5.83. The third kappa shape index (κ3) is 2.23. The van der Waals surface area contributed by atoms with Crippen LogP contribution in [0.25, 0.3) is 11.5 Å². The Labute approximate surface area is 129 Å². The molecule has 116 valence electrons. The summed E-state index contributed by atoms with van der Waals surface area (Å²) in [5.74, 6) is 2.59. The lowest BCUT2D eigenvalue weighted by molar-refractivity contribution is 0.232. The molecular weight excluding hydrogens is 280 g/mol. The summed E-state index contributed by atoms with van der Waals surface area (Å²) < 4.78 is 11.3. The molecule has 0 aliphatic carbocycles. The number of benzene rings is 1. The van der Waals surface area contributed by atoms with Gasteiger partial charge in [-0.3, -0.25) is 0 Å². The summed E-state index contributed by atoms with van der Waals surface area (Å²) in [5, 5.41) is 7.44. The fraction of sp³-hybridized carbons (Fsp3) is 0.500. The van der Waals surface area contributed by atoms with E-state index in [0.717, 1.165) is 37.5 Å². The molecule has 2 aliphatic rings. The molecule has 4 rings (SSSR count). The molecule has 0 amide bonds. The van der Waals surface area contributed by atoms with Gasteiger partial charge in [-0.1, -0.05) is 6.92 Å². The molecule has 6 heteroatoms. The van der Waals surface area contributed by atoms with Gasteiger partial charge in [-0.2, -0.15) is 4.98 Å². The fourth-order valence-corrected chi connectivity index (χ4v) is 3.03. The minimum absolute atomic E-state index is 0.212. The van der Waals surface area contributed by atoms with E-state index in [1.807, 2.05) is 12.1 Å². The van der Waals surface area contributed by atoms with Crippen molar-refractivity contribution in [2.24, 2.45) is 0 Å². The van der Waals surface area contributed by atoms with Crippen molar-refractivity contribution in [2.45, 2.75) is 25.9 Å². The van der Waals surface area contributed by atoms with E-state index >= 15 is 0 Å². The molecule has 3 heterocycles. The zero-order chi connectivity index (χ0) is 15.1. The molecule has 1 saturated heterocycles. The molecule has 0 saturated carbocycles. The molecular formula is C16H20N4O2. The van der Waals surface area contributed by atoms with Crippen molar-refractivity contribution in [3.05, 3.63) is 23.8 Å². The van der Waals surface area contributed by atoms with Crippen LogP contribution in [-0.2, 0) is 0 Å². The third-order valence-corrected chi connectivity index (χ3v) is 4.58. The lowest BCUT2D eigenvalue weighted by Crippen LogP contribution is -2.44. The Bertz CT molecular complexity index is 679. The predicted molar refractivity (Wildman–Crippen MR) is 83.3 cm³/mol. The predicted octanol–water partition coefficient (Wildman–Crippen LogP) is 2.03. The van der Waals surface area contributed by atoms with Gasteiger partial charge in [0.05, 0.1) is 0 Å². The fourth-order valence-electron chi connectivity index (χ4n) is 3.03. The first-order valence-corrected chi connectivity index (χ1v) is 7.83. The molecule has 2 atom stereocenters. The lowest BCUT2D eigenvalue weighted by Gasteiger charge is -2.25. The Morgan fingerprint density at radius 3 is 2.86 bits per heavy atom. The van der Waals surface area contributed by atoms with E-state index in [9.17, 15) is 0 Å². The molecule has 22 heavy (non-hydrogen) atoms. The Hall–Kier alpha value is -2.08. The van der Waals surface area contributed by atoms with Crippen molar-refractivity contribution in [3.8, 4) is 17.2 Å². The SMILES string of the molecule is CC1Oc2ccc(-c3nc(N4CCNCC4)no3)cc2C1C. The zero-order valence-corrected chi connectivity index (χ0v) is 12.9. The van der Waals surface area contributed by atoms with Gasteiger partial charge in [-0.25, -0.2) is 0 Å². The average Bonchev–Trinajstić information content (AvgIpc) is 3.14. The van der Waals surface area contributed by atoms with Crippen LogP contribution >= 0.6 is 0 Å². The largest absolute Gasteiger partial charge is 0.490 e. The molecule has 1 N–H and O–H groups in total. The number of hydrogen-bond acceptors (Lipinski definition) is 6. The van der Waals surface area contributed by atoms with Crippen LogP contribution in [0.3, 0.4) is 0 Å². The van der Waals surface area contributed by atoms with Crippen LogP contribution in [0.5, 0.6) is 5.75 Å². The summed E-state index contributed by atoms with van der Waals surface area (Å²) in [6, 6.07) is 6.09. The molecule has 0 radical (unpaired) electrons. The Morgan fingerprint density at radius 2 is 2.05 bits per heavy atom. The van der Waals surface area contributed by atoms with Crippen LogP contribution in [-0.4, -0.2) is 42.4 Å². The first-order chi connectivity index (χ1) is 10.7. The Balaban J connectivity index is 1.62. The second-order valence-corrected chi connectivity index (χ2v) is 6.00. The topological polar surface area (TPSA) is 63.4 Å². The number of aromatic nitrogens is 2. The first-order valence-electron chi connectivity index (χ1n) is 7.83. The van der Waals surface area contributed by atoms with Crippen molar-refractivity contribution in [1.82, 2.24) is 15.5 Å². The molecule has 2 unspecified atom stereocenters. The van der Waals surface area contributed by atoms with Crippen LogP contribution in [0, 0.1) is 0 Å². The number of hydrogen-bond donors (Lipinski definition) is 1. The van der Waals surface area contributed by atoms with Crippen LogP contribution in [0.15, 0.2) is 22.7 Å². The number of ether oxygens (including phenoxy) is 1. The maximum Gasteiger partial charge on any atom is 0.266 e. The summed E-state index contributed by atoms with van der Waals surface area (Å²) in [5.41, 5.74) is 2.17. The number of rotatable bonds is 2. The highest BCUT2D eigenvalue weighted by Gasteiger charge is 2.28. The lowest BCUT2D eigenvalue weighted by atomic mass is 9.97. The van der Waals surface area contributed by atoms with Crippen molar-refractivity contribution >= 4 is 5.95 Å². The van der Waals surface area contributed by atoms with Crippen LogP contribution in [0.1, 0.15) is 25.3 Å². The smallest absolute Gasteiger partial charge is 0.266 e. The Morgan fingerprint density at radius 1 is 1.23 bits per heavy atom. The highest BCUT2D eigenvalue weighted by Crippen LogP contribution is 2.39. The van der Waals surface area contributed by atoms with Crippen molar-refractivity contribution in [3.63, 3.8) is 0 Å². The van der Waals surface area contributed by atoms with Gasteiger partial charge in [0, 0.05) is 43.2 Å². The van der Waals surface area contributed by atoms with Gasteiger partial charge in [0.15, 0.2) is 0 Å². The molecule has 1 aromatic carbocycles. The summed E-state index contributed by atoms with van der Waals surface area (Å²) in [6.45, 7) is 8.00. The van der Waals surface area contributed by atoms with E-state index < -0.39 is 0 Å². The van der Waals surface area contributed by atoms with Crippen LogP contribution in [0.4, 0.5) is 5.95 Å². The standard InChI is InChI=1S/C16H20N4O2/c1-10-11(2)21-14-4-3-12(9-13(10)14)15-18-16(19-22-15)20-7-5-17-6-8-20/h3-4,9-11,17H,5-8H2,1-2H3. The molecule has 2 aromatic rings. The summed E-state index contributed by atoms with van der Waals surface area (Å²) >= 11 is 0. The molecule has 0 bridgehead atoms. The number of nitrogens with one attached hydrogen (secondary N) is 1.